The van der Waals surface area contributed by atoms with Gasteiger partial charge in [-0.2, -0.15) is 0 Å². The standard InChI is InChI=1S/C16H25N3O/c1-4-18-16(20)14-6-5-13(17)10-15(14)19-8-7-11(2)9-12(19)3/h5-6,10-12H,4,7-9,17H2,1-3H3,(H,18,20). The predicted molar refractivity (Wildman–Crippen MR) is 84.1 cm³/mol. The van der Waals surface area contributed by atoms with Gasteiger partial charge in [0.1, 0.15) is 0 Å². The maximum absolute atomic E-state index is 12.2. The first kappa shape index (κ1) is 14.7. The lowest BCUT2D eigenvalue weighted by atomic mass is 9.92. The summed E-state index contributed by atoms with van der Waals surface area (Å²) in [7, 11) is 0. The van der Waals surface area contributed by atoms with Gasteiger partial charge in [-0.1, -0.05) is 6.92 Å². The second-order valence-electron chi connectivity index (χ2n) is 5.81. The molecule has 4 nitrogen and oxygen atoms in total. The van der Waals surface area contributed by atoms with E-state index in [0.717, 1.165) is 36.6 Å². The number of anilines is 2. The maximum atomic E-state index is 12.2. The van der Waals surface area contributed by atoms with Gasteiger partial charge in [0.2, 0.25) is 0 Å². The van der Waals surface area contributed by atoms with Gasteiger partial charge in [-0.3, -0.25) is 4.79 Å². The Morgan fingerprint density at radius 2 is 2.20 bits per heavy atom. The van der Waals surface area contributed by atoms with Crippen LogP contribution in [0.3, 0.4) is 0 Å². The summed E-state index contributed by atoms with van der Waals surface area (Å²) in [6.45, 7) is 8.06. The van der Waals surface area contributed by atoms with Crippen molar-refractivity contribution in [1.82, 2.24) is 5.32 Å². The molecule has 3 N–H and O–H groups in total. The average molecular weight is 275 g/mol. The van der Waals surface area contributed by atoms with Gasteiger partial charge in [0.25, 0.3) is 5.91 Å². The van der Waals surface area contributed by atoms with E-state index >= 15 is 0 Å². The molecule has 1 amide bonds. The molecule has 0 aliphatic carbocycles. The molecule has 1 aliphatic heterocycles. The fourth-order valence-corrected chi connectivity index (χ4v) is 3.00. The Labute approximate surface area is 121 Å². The molecule has 1 heterocycles. The third kappa shape index (κ3) is 3.06. The number of nitrogens with zero attached hydrogens (tertiary/aromatic N) is 1. The van der Waals surface area contributed by atoms with Crippen LogP contribution in [0.5, 0.6) is 0 Å². The van der Waals surface area contributed by atoms with E-state index < -0.39 is 0 Å². The molecule has 1 aliphatic rings. The van der Waals surface area contributed by atoms with Crippen molar-refractivity contribution < 1.29 is 4.79 Å². The summed E-state index contributed by atoms with van der Waals surface area (Å²) in [6, 6.07) is 6.00. The largest absolute Gasteiger partial charge is 0.399 e. The molecule has 0 radical (unpaired) electrons. The number of carbonyl (C=O) groups is 1. The minimum atomic E-state index is -0.0201. The fraction of sp³-hybridized carbons (Fsp3) is 0.562. The molecular weight excluding hydrogens is 250 g/mol. The number of benzene rings is 1. The SMILES string of the molecule is CCNC(=O)c1ccc(N)cc1N1CCC(C)CC1C. The summed E-state index contributed by atoms with van der Waals surface area (Å²) in [5.41, 5.74) is 8.32. The summed E-state index contributed by atoms with van der Waals surface area (Å²) in [5.74, 6) is 0.726. The highest BCUT2D eigenvalue weighted by molar-refractivity contribution is 6.00. The highest BCUT2D eigenvalue weighted by Gasteiger charge is 2.26. The predicted octanol–water partition coefficient (Wildman–Crippen LogP) is 2.64. The molecule has 2 rings (SSSR count). The number of carbonyl (C=O) groups excluding carboxylic acids is 1. The molecular formula is C16H25N3O. The number of nitrogens with two attached hydrogens (primary N) is 1. The van der Waals surface area contributed by atoms with Gasteiger partial charge < -0.3 is 16.0 Å². The van der Waals surface area contributed by atoms with Crippen LogP contribution >= 0.6 is 0 Å². The summed E-state index contributed by atoms with van der Waals surface area (Å²) in [4.78, 5) is 14.5. The minimum absolute atomic E-state index is 0.0201. The fourth-order valence-electron chi connectivity index (χ4n) is 3.00. The number of amides is 1. The quantitative estimate of drug-likeness (QED) is 0.834. The van der Waals surface area contributed by atoms with Gasteiger partial charge in [-0.25, -0.2) is 0 Å². The van der Waals surface area contributed by atoms with E-state index in [9.17, 15) is 4.79 Å². The Hall–Kier alpha value is -1.71. The first-order valence-electron chi connectivity index (χ1n) is 7.47. The van der Waals surface area contributed by atoms with E-state index in [2.05, 4.69) is 24.1 Å². The molecule has 4 heteroatoms. The monoisotopic (exact) mass is 275 g/mol. The number of nitrogens with one attached hydrogen (secondary N) is 1. The molecule has 0 saturated carbocycles. The van der Waals surface area contributed by atoms with Crippen LogP contribution in [0.4, 0.5) is 11.4 Å². The zero-order chi connectivity index (χ0) is 14.7. The molecule has 0 aromatic heterocycles. The van der Waals surface area contributed by atoms with Crippen molar-refractivity contribution in [3.8, 4) is 0 Å². The Bertz CT molecular complexity index is 487. The van der Waals surface area contributed by atoms with Gasteiger partial charge in [0, 0.05) is 24.8 Å². The maximum Gasteiger partial charge on any atom is 0.253 e. The third-order valence-corrected chi connectivity index (χ3v) is 4.05. The van der Waals surface area contributed by atoms with Gasteiger partial charge >= 0.3 is 0 Å². The van der Waals surface area contributed by atoms with Crippen molar-refractivity contribution in [2.75, 3.05) is 23.7 Å². The van der Waals surface area contributed by atoms with Crippen molar-refractivity contribution in [3.05, 3.63) is 23.8 Å². The highest BCUT2D eigenvalue weighted by atomic mass is 16.1. The van der Waals surface area contributed by atoms with Crippen LogP contribution in [0, 0.1) is 5.92 Å². The first-order chi connectivity index (χ1) is 9.52. The Morgan fingerprint density at radius 3 is 2.85 bits per heavy atom. The lowest BCUT2D eigenvalue weighted by Gasteiger charge is -2.39. The van der Waals surface area contributed by atoms with Gasteiger partial charge in [0.05, 0.1) is 11.3 Å². The van der Waals surface area contributed by atoms with Crippen molar-refractivity contribution in [3.63, 3.8) is 0 Å². The Kier molecular flexibility index (Phi) is 4.53. The second-order valence-corrected chi connectivity index (χ2v) is 5.81. The van der Waals surface area contributed by atoms with E-state index in [0.29, 0.717) is 18.3 Å². The van der Waals surface area contributed by atoms with E-state index in [1.807, 2.05) is 19.1 Å². The van der Waals surface area contributed by atoms with Gasteiger partial charge in [0.15, 0.2) is 0 Å². The normalized spacial score (nSPS) is 22.6. The van der Waals surface area contributed by atoms with Crippen molar-refractivity contribution >= 4 is 17.3 Å². The van der Waals surface area contributed by atoms with Gasteiger partial charge in [-0.15, -0.1) is 0 Å². The number of hydrogen-bond donors (Lipinski definition) is 2. The van der Waals surface area contributed by atoms with Gasteiger partial charge in [-0.05, 0) is 50.8 Å². The van der Waals surface area contributed by atoms with Crippen molar-refractivity contribution in [2.45, 2.75) is 39.7 Å². The number of nitrogen functional groups attached to an aromatic ring is 1. The topological polar surface area (TPSA) is 58.4 Å². The summed E-state index contributed by atoms with van der Waals surface area (Å²) < 4.78 is 0. The number of rotatable bonds is 3. The molecule has 1 fully saturated rings. The summed E-state index contributed by atoms with van der Waals surface area (Å²) in [5, 5.41) is 2.88. The van der Waals surface area contributed by atoms with Crippen LogP contribution in [0.25, 0.3) is 0 Å². The molecule has 110 valence electrons. The molecule has 1 aromatic rings. The van der Waals surface area contributed by atoms with Crippen LogP contribution in [0.1, 0.15) is 44.0 Å². The summed E-state index contributed by atoms with van der Waals surface area (Å²) in [6.07, 6.45) is 2.32. The lowest BCUT2D eigenvalue weighted by molar-refractivity contribution is 0.0956. The molecule has 0 bridgehead atoms. The third-order valence-electron chi connectivity index (χ3n) is 4.05. The van der Waals surface area contributed by atoms with Crippen LogP contribution in [-0.2, 0) is 0 Å². The van der Waals surface area contributed by atoms with Crippen molar-refractivity contribution in [2.24, 2.45) is 5.92 Å². The molecule has 0 spiro atoms. The zero-order valence-corrected chi connectivity index (χ0v) is 12.6. The Morgan fingerprint density at radius 1 is 1.45 bits per heavy atom. The summed E-state index contributed by atoms with van der Waals surface area (Å²) >= 11 is 0. The van der Waals surface area contributed by atoms with Crippen molar-refractivity contribution in [1.29, 1.82) is 0 Å². The smallest absolute Gasteiger partial charge is 0.253 e. The molecule has 1 saturated heterocycles. The zero-order valence-electron chi connectivity index (χ0n) is 12.6. The first-order valence-corrected chi connectivity index (χ1v) is 7.47. The molecule has 2 unspecified atom stereocenters. The van der Waals surface area contributed by atoms with E-state index in [4.69, 9.17) is 5.73 Å². The average Bonchev–Trinajstić information content (AvgIpc) is 2.38. The number of hydrogen-bond acceptors (Lipinski definition) is 3. The molecule has 20 heavy (non-hydrogen) atoms. The van der Waals surface area contributed by atoms with Crippen LogP contribution in [-0.4, -0.2) is 25.0 Å². The number of piperidine rings is 1. The van der Waals surface area contributed by atoms with Crippen LogP contribution in [0.15, 0.2) is 18.2 Å². The Balaban J connectivity index is 2.34. The molecule has 2 atom stereocenters. The van der Waals surface area contributed by atoms with E-state index in [-0.39, 0.29) is 5.91 Å². The highest BCUT2D eigenvalue weighted by Crippen LogP contribution is 2.31. The van der Waals surface area contributed by atoms with Crippen LogP contribution < -0.4 is 16.0 Å². The van der Waals surface area contributed by atoms with E-state index in [1.54, 1.807) is 6.07 Å². The van der Waals surface area contributed by atoms with E-state index in [1.165, 1.54) is 0 Å². The van der Waals surface area contributed by atoms with Crippen LogP contribution in [0.2, 0.25) is 0 Å². The minimum Gasteiger partial charge on any atom is -0.399 e. The lowest BCUT2D eigenvalue weighted by Crippen LogP contribution is -2.41. The molecule has 1 aromatic carbocycles. The second kappa shape index (κ2) is 6.16.